The highest BCUT2D eigenvalue weighted by molar-refractivity contribution is 8.00. The maximum absolute atomic E-state index is 13.7. The Hall–Kier alpha value is -1.75. The Kier molecular flexibility index (Phi) is 5.99. The van der Waals surface area contributed by atoms with E-state index in [2.05, 4.69) is 4.98 Å². The number of hydrogen-bond acceptors (Lipinski definition) is 5. The van der Waals surface area contributed by atoms with Crippen LogP contribution in [0.3, 0.4) is 0 Å². The van der Waals surface area contributed by atoms with E-state index in [9.17, 15) is 23.2 Å². The summed E-state index contributed by atoms with van der Waals surface area (Å²) >= 11 is 0.839. The van der Waals surface area contributed by atoms with Gasteiger partial charge in [-0.2, -0.15) is 18.4 Å². The molecule has 136 valence electrons. The number of aromatic nitrogens is 1. The summed E-state index contributed by atoms with van der Waals surface area (Å²) in [6.45, 7) is 5.25. The van der Waals surface area contributed by atoms with Gasteiger partial charge in [0.2, 0.25) is 0 Å². The molecule has 0 radical (unpaired) electrons. The van der Waals surface area contributed by atoms with E-state index in [4.69, 9.17) is 4.74 Å². The summed E-state index contributed by atoms with van der Waals surface area (Å²) < 4.78 is 45.9. The minimum absolute atomic E-state index is 0.0521. The number of rotatable bonds is 4. The lowest BCUT2D eigenvalue weighted by molar-refractivity contribution is -0.142. The molecule has 25 heavy (non-hydrogen) atoms. The number of carbonyl (C=O) groups is 1. The molecule has 0 spiro atoms. The van der Waals surface area contributed by atoms with Gasteiger partial charge in [0.15, 0.2) is 0 Å². The summed E-state index contributed by atoms with van der Waals surface area (Å²) in [6.07, 6.45) is -3.20. The fourth-order valence-corrected chi connectivity index (χ4v) is 3.81. The van der Waals surface area contributed by atoms with E-state index < -0.39 is 28.5 Å². The van der Waals surface area contributed by atoms with Gasteiger partial charge in [-0.3, -0.25) is 4.79 Å². The first-order valence-corrected chi connectivity index (χ1v) is 8.93. The minimum atomic E-state index is -4.64. The molecule has 1 aliphatic carbocycles. The fraction of sp³-hybridized carbons (Fsp3) is 0.588. The van der Waals surface area contributed by atoms with E-state index in [0.29, 0.717) is 12.1 Å². The first-order valence-electron chi connectivity index (χ1n) is 8.05. The Balaban J connectivity index is 2.55. The number of halogens is 3. The van der Waals surface area contributed by atoms with Crippen molar-refractivity contribution in [1.29, 1.82) is 5.26 Å². The summed E-state index contributed by atoms with van der Waals surface area (Å²) in [4.78, 5) is 16.1. The molecular formula is C17H19F3N2O2S. The topological polar surface area (TPSA) is 63.0 Å². The molecule has 0 bridgehead atoms. The number of nitrogens with zero attached hydrogens (tertiary/aromatic N) is 2. The molecular weight excluding hydrogens is 353 g/mol. The first-order chi connectivity index (χ1) is 11.7. The third-order valence-corrected chi connectivity index (χ3v) is 5.14. The standard InChI is InChI=1S/C17H19F3N2O2S/c1-4-24-16(23)10(3)25-15-12(8-21)14(17(18,19)20)11-7-9(2)5-6-13(11)22-15/h9-10H,4-7H2,1-3H3. The number of pyridine rings is 1. The predicted octanol–water partition coefficient (Wildman–Crippen LogP) is 4.14. The number of hydrogen-bond donors (Lipinski definition) is 0. The van der Waals surface area contributed by atoms with E-state index in [1.54, 1.807) is 13.0 Å². The second kappa shape index (κ2) is 7.65. The summed E-state index contributed by atoms with van der Waals surface area (Å²) in [6, 6.07) is 1.66. The van der Waals surface area contributed by atoms with E-state index in [1.165, 1.54) is 6.92 Å². The SMILES string of the molecule is CCOC(=O)C(C)Sc1nc2c(c(C(F)(F)F)c1C#N)CC(C)CC2. The van der Waals surface area contributed by atoms with Crippen LogP contribution < -0.4 is 0 Å². The van der Waals surface area contributed by atoms with Crippen molar-refractivity contribution in [2.24, 2.45) is 5.92 Å². The average Bonchev–Trinajstić information content (AvgIpc) is 2.52. The van der Waals surface area contributed by atoms with Crippen LogP contribution >= 0.6 is 11.8 Å². The second-order valence-electron chi connectivity index (χ2n) is 6.06. The lowest BCUT2D eigenvalue weighted by Gasteiger charge is -2.26. The van der Waals surface area contributed by atoms with Crippen LogP contribution in [0, 0.1) is 17.2 Å². The number of alkyl halides is 3. The lowest BCUT2D eigenvalue weighted by atomic mass is 9.84. The fourth-order valence-electron chi connectivity index (χ4n) is 2.89. The van der Waals surface area contributed by atoms with Crippen LogP contribution in [0.5, 0.6) is 0 Å². The van der Waals surface area contributed by atoms with Crippen molar-refractivity contribution in [3.8, 4) is 6.07 Å². The van der Waals surface area contributed by atoms with Gasteiger partial charge in [-0.15, -0.1) is 0 Å². The highest BCUT2D eigenvalue weighted by Gasteiger charge is 2.41. The van der Waals surface area contributed by atoms with Gasteiger partial charge in [0.1, 0.15) is 16.3 Å². The summed E-state index contributed by atoms with van der Waals surface area (Å²) in [5.74, 6) is -0.433. The quantitative estimate of drug-likeness (QED) is 0.587. The van der Waals surface area contributed by atoms with Gasteiger partial charge in [-0.1, -0.05) is 18.7 Å². The van der Waals surface area contributed by atoms with Gasteiger partial charge in [-0.25, -0.2) is 4.98 Å². The maximum atomic E-state index is 13.7. The van der Waals surface area contributed by atoms with Gasteiger partial charge >= 0.3 is 12.1 Å². The van der Waals surface area contributed by atoms with Crippen molar-refractivity contribution in [2.45, 2.75) is 56.5 Å². The molecule has 0 aliphatic heterocycles. The van der Waals surface area contributed by atoms with Crippen LogP contribution in [0.4, 0.5) is 13.2 Å². The molecule has 8 heteroatoms. The van der Waals surface area contributed by atoms with Crippen LogP contribution in [0.2, 0.25) is 0 Å². The van der Waals surface area contributed by atoms with Gasteiger partial charge in [-0.05, 0) is 44.6 Å². The number of nitriles is 1. The molecule has 0 fully saturated rings. The molecule has 0 saturated heterocycles. The molecule has 0 N–H and O–H groups in total. The maximum Gasteiger partial charge on any atom is 0.418 e. The van der Waals surface area contributed by atoms with Crippen molar-refractivity contribution in [1.82, 2.24) is 4.98 Å². The van der Waals surface area contributed by atoms with Crippen molar-refractivity contribution >= 4 is 17.7 Å². The molecule has 1 heterocycles. The van der Waals surface area contributed by atoms with Crippen LogP contribution in [0.25, 0.3) is 0 Å². The summed E-state index contributed by atoms with van der Waals surface area (Å²) in [7, 11) is 0. The zero-order valence-electron chi connectivity index (χ0n) is 14.2. The minimum Gasteiger partial charge on any atom is -0.465 e. The largest absolute Gasteiger partial charge is 0.465 e. The number of fused-ring (bicyclic) bond motifs is 1. The predicted molar refractivity (Wildman–Crippen MR) is 87.1 cm³/mol. The highest BCUT2D eigenvalue weighted by atomic mass is 32.2. The summed E-state index contributed by atoms with van der Waals surface area (Å²) in [5.41, 5.74) is -0.898. The normalized spacial score (nSPS) is 18.2. The second-order valence-corrected chi connectivity index (χ2v) is 7.39. The van der Waals surface area contributed by atoms with Crippen molar-refractivity contribution < 1.29 is 22.7 Å². The van der Waals surface area contributed by atoms with E-state index in [-0.39, 0.29) is 29.5 Å². The average molecular weight is 372 g/mol. The molecule has 1 aromatic heterocycles. The third kappa shape index (κ3) is 4.27. The molecule has 1 aromatic rings. The highest BCUT2D eigenvalue weighted by Crippen LogP contribution is 2.42. The van der Waals surface area contributed by atoms with Crippen molar-refractivity contribution in [2.75, 3.05) is 6.61 Å². The van der Waals surface area contributed by atoms with E-state index in [0.717, 1.165) is 18.2 Å². The molecule has 2 rings (SSSR count). The Labute approximate surface area is 148 Å². The molecule has 2 unspecified atom stereocenters. The van der Waals surface area contributed by atoms with E-state index >= 15 is 0 Å². The number of aryl methyl sites for hydroxylation is 1. The van der Waals surface area contributed by atoms with Crippen molar-refractivity contribution in [3.05, 3.63) is 22.4 Å². The number of thioether (sulfide) groups is 1. The lowest BCUT2D eigenvalue weighted by Crippen LogP contribution is -2.23. The monoisotopic (exact) mass is 372 g/mol. The van der Waals surface area contributed by atoms with Crippen molar-refractivity contribution in [3.63, 3.8) is 0 Å². The molecule has 4 nitrogen and oxygen atoms in total. The zero-order valence-corrected chi connectivity index (χ0v) is 15.1. The Morgan fingerprint density at radius 3 is 2.76 bits per heavy atom. The molecule has 2 atom stereocenters. The first kappa shape index (κ1) is 19.6. The third-order valence-electron chi connectivity index (χ3n) is 4.08. The number of ether oxygens (including phenoxy) is 1. The van der Waals surface area contributed by atoms with Gasteiger partial charge in [0.25, 0.3) is 0 Å². The van der Waals surface area contributed by atoms with Crippen LogP contribution in [0.15, 0.2) is 5.03 Å². The summed E-state index contributed by atoms with van der Waals surface area (Å²) in [5, 5.41) is 8.56. The number of esters is 1. The zero-order chi connectivity index (χ0) is 18.8. The number of carbonyl (C=O) groups excluding carboxylic acids is 1. The molecule has 0 amide bonds. The van der Waals surface area contributed by atoms with Crippen LogP contribution in [-0.2, 0) is 28.5 Å². The molecule has 0 saturated carbocycles. The molecule has 0 aromatic carbocycles. The van der Waals surface area contributed by atoms with Crippen LogP contribution in [0.1, 0.15) is 49.6 Å². The smallest absolute Gasteiger partial charge is 0.418 e. The Morgan fingerprint density at radius 2 is 2.20 bits per heavy atom. The van der Waals surface area contributed by atoms with E-state index in [1.807, 2.05) is 6.92 Å². The van der Waals surface area contributed by atoms with Gasteiger partial charge in [0, 0.05) is 5.69 Å². The Morgan fingerprint density at radius 1 is 1.52 bits per heavy atom. The van der Waals surface area contributed by atoms with Gasteiger partial charge < -0.3 is 4.74 Å². The Bertz CT molecular complexity index is 713. The van der Waals surface area contributed by atoms with Crippen LogP contribution in [-0.4, -0.2) is 22.8 Å². The van der Waals surface area contributed by atoms with Gasteiger partial charge in [0.05, 0.1) is 17.7 Å². The molecule has 1 aliphatic rings.